The molecule has 126 valence electrons. The van der Waals surface area contributed by atoms with Crippen LogP contribution in [0.15, 0.2) is 47.5 Å². The van der Waals surface area contributed by atoms with E-state index in [-0.39, 0.29) is 0 Å². The highest BCUT2D eigenvalue weighted by atomic mass is 35.5. The summed E-state index contributed by atoms with van der Waals surface area (Å²) in [4.78, 5) is 4.72. The van der Waals surface area contributed by atoms with Gasteiger partial charge in [-0.1, -0.05) is 30.7 Å². The van der Waals surface area contributed by atoms with Gasteiger partial charge < -0.3 is 4.74 Å². The Balaban J connectivity index is 1.96. The van der Waals surface area contributed by atoms with Gasteiger partial charge in [0.25, 0.3) is 0 Å². The quantitative estimate of drug-likeness (QED) is 0.705. The molecular formula is C19H17ClN4O. The molecule has 0 atom stereocenters. The van der Waals surface area contributed by atoms with Crippen LogP contribution in [0.2, 0.25) is 5.02 Å². The standard InChI is InChI=1S/C19H17ClN4O/c1-3-16-15-10-13(20)7-8-17(15)24-18(11-21-16)22-23-19(24)12-5-4-6-14(9-12)25-2/h4-10H,3,11H2,1-2H3. The Morgan fingerprint density at radius 2 is 2.04 bits per heavy atom. The predicted molar refractivity (Wildman–Crippen MR) is 98.9 cm³/mol. The Morgan fingerprint density at radius 1 is 1.16 bits per heavy atom. The molecule has 0 N–H and O–H groups in total. The molecule has 0 aliphatic carbocycles. The Hall–Kier alpha value is -2.66. The summed E-state index contributed by atoms with van der Waals surface area (Å²) in [6, 6.07) is 13.7. The second kappa shape index (κ2) is 6.33. The number of methoxy groups -OCH3 is 1. The molecule has 3 aromatic rings. The van der Waals surface area contributed by atoms with E-state index < -0.39 is 0 Å². The number of ether oxygens (including phenoxy) is 1. The van der Waals surface area contributed by atoms with Gasteiger partial charge >= 0.3 is 0 Å². The number of rotatable bonds is 3. The van der Waals surface area contributed by atoms with Crippen LogP contribution in [0.1, 0.15) is 24.7 Å². The molecule has 1 aliphatic rings. The van der Waals surface area contributed by atoms with E-state index in [2.05, 4.69) is 21.7 Å². The second-order valence-electron chi connectivity index (χ2n) is 5.79. The maximum atomic E-state index is 6.24. The Morgan fingerprint density at radius 3 is 2.84 bits per heavy atom. The average molecular weight is 353 g/mol. The van der Waals surface area contributed by atoms with Crippen molar-refractivity contribution in [2.45, 2.75) is 19.9 Å². The third kappa shape index (κ3) is 2.70. The maximum absolute atomic E-state index is 6.24. The fourth-order valence-electron chi connectivity index (χ4n) is 3.11. The number of hydrogen-bond acceptors (Lipinski definition) is 4. The molecule has 0 bridgehead atoms. The third-order valence-corrected chi connectivity index (χ3v) is 4.55. The highest BCUT2D eigenvalue weighted by molar-refractivity contribution is 6.31. The van der Waals surface area contributed by atoms with Gasteiger partial charge in [-0.25, -0.2) is 0 Å². The fraction of sp³-hybridized carbons (Fsp3) is 0.211. The van der Waals surface area contributed by atoms with Gasteiger partial charge in [-0.2, -0.15) is 0 Å². The normalized spacial score (nSPS) is 12.8. The van der Waals surface area contributed by atoms with Gasteiger partial charge in [-0.3, -0.25) is 9.56 Å². The molecule has 1 aromatic heterocycles. The molecule has 1 aliphatic heterocycles. The van der Waals surface area contributed by atoms with Crippen LogP contribution in [0, 0.1) is 0 Å². The molecule has 0 unspecified atom stereocenters. The van der Waals surface area contributed by atoms with Crippen molar-refractivity contribution < 1.29 is 4.74 Å². The number of fused-ring (bicyclic) bond motifs is 3. The molecule has 0 saturated carbocycles. The molecule has 5 nitrogen and oxygen atoms in total. The summed E-state index contributed by atoms with van der Waals surface area (Å²) >= 11 is 6.24. The molecule has 0 spiro atoms. The van der Waals surface area contributed by atoms with Gasteiger partial charge in [0.05, 0.1) is 19.3 Å². The lowest BCUT2D eigenvalue weighted by atomic mass is 10.1. The molecule has 0 radical (unpaired) electrons. The lowest BCUT2D eigenvalue weighted by Crippen LogP contribution is -2.06. The van der Waals surface area contributed by atoms with E-state index in [1.807, 2.05) is 42.5 Å². The van der Waals surface area contributed by atoms with Crippen molar-refractivity contribution in [1.82, 2.24) is 14.8 Å². The lowest BCUT2D eigenvalue weighted by molar-refractivity contribution is 0.415. The molecule has 4 rings (SSSR count). The van der Waals surface area contributed by atoms with Crippen molar-refractivity contribution in [1.29, 1.82) is 0 Å². The number of halogens is 1. The number of benzene rings is 2. The smallest absolute Gasteiger partial charge is 0.168 e. The van der Waals surface area contributed by atoms with Gasteiger partial charge in [0.15, 0.2) is 11.6 Å². The number of hydrogen-bond donors (Lipinski definition) is 0. The molecule has 25 heavy (non-hydrogen) atoms. The summed E-state index contributed by atoms with van der Waals surface area (Å²) in [6.07, 6.45) is 0.833. The lowest BCUT2D eigenvalue weighted by Gasteiger charge is -2.13. The molecule has 0 amide bonds. The number of nitrogens with zero attached hydrogens (tertiary/aromatic N) is 4. The highest BCUT2D eigenvalue weighted by Gasteiger charge is 2.22. The first-order valence-corrected chi connectivity index (χ1v) is 8.51. The first-order chi connectivity index (χ1) is 12.2. The fourth-order valence-corrected chi connectivity index (χ4v) is 3.28. The zero-order valence-corrected chi connectivity index (χ0v) is 14.8. The summed E-state index contributed by atoms with van der Waals surface area (Å²) in [6.45, 7) is 2.59. The van der Waals surface area contributed by atoms with E-state index in [1.54, 1.807) is 7.11 Å². The van der Waals surface area contributed by atoms with Crippen molar-refractivity contribution in [3.05, 3.63) is 58.9 Å². The molecule has 2 aromatic carbocycles. The average Bonchev–Trinajstić information content (AvgIpc) is 3.00. The van der Waals surface area contributed by atoms with Crippen LogP contribution in [-0.2, 0) is 6.54 Å². The van der Waals surface area contributed by atoms with E-state index in [0.29, 0.717) is 11.6 Å². The monoisotopic (exact) mass is 352 g/mol. The predicted octanol–water partition coefficient (Wildman–Crippen LogP) is 4.31. The summed E-state index contributed by atoms with van der Waals surface area (Å²) in [7, 11) is 1.65. The zero-order chi connectivity index (χ0) is 17.4. The number of aliphatic imine (C=N–C) groups is 1. The van der Waals surface area contributed by atoms with E-state index in [9.17, 15) is 0 Å². The third-order valence-electron chi connectivity index (χ3n) is 4.31. The molecular weight excluding hydrogens is 336 g/mol. The molecule has 0 saturated heterocycles. The first kappa shape index (κ1) is 15.8. The summed E-state index contributed by atoms with van der Waals surface area (Å²) in [5.41, 5.74) is 4.00. The van der Waals surface area contributed by atoms with Crippen molar-refractivity contribution in [3.8, 4) is 22.8 Å². The molecule has 0 fully saturated rings. The second-order valence-corrected chi connectivity index (χ2v) is 6.22. The largest absolute Gasteiger partial charge is 0.497 e. The van der Waals surface area contributed by atoms with E-state index >= 15 is 0 Å². The van der Waals surface area contributed by atoms with Crippen molar-refractivity contribution in [3.63, 3.8) is 0 Å². The SMILES string of the molecule is CCC1=NCc2nnc(-c3cccc(OC)c3)n2-c2ccc(Cl)cc21. The van der Waals surface area contributed by atoms with Crippen LogP contribution in [0.4, 0.5) is 0 Å². The van der Waals surface area contributed by atoms with Gasteiger partial charge in [0.1, 0.15) is 5.75 Å². The van der Waals surface area contributed by atoms with Crippen LogP contribution in [0.5, 0.6) is 5.75 Å². The highest BCUT2D eigenvalue weighted by Crippen LogP contribution is 2.31. The molecule has 2 heterocycles. The first-order valence-electron chi connectivity index (χ1n) is 8.13. The summed E-state index contributed by atoms with van der Waals surface area (Å²) < 4.78 is 7.41. The minimum Gasteiger partial charge on any atom is -0.497 e. The van der Waals surface area contributed by atoms with Crippen LogP contribution < -0.4 is 4.74 Å². The van der Waals surface area contributed by atoms with Gasteiger partial charge in [-0.15, -0.1) is 10.2 Å². The van der Waals surface area contributed by atoms with E-state index in [0.717, 1.165) is 46.3 Å². The van der Waals surface area contributed by atoms with E-state index in [4.69, 9.17) is 21.3 Å². The Labute approximate surface area is 151 Å². The van der Waals surface area contributed by atoms with E-state index in [1.165, 1.54) is 0 Å². The van der Waals surface area contributed by atoms with Crippen molar-refractivity contribution >= 4 is 17.3 Å². The number of aromatic nitrogens is 3. The van der Waals surface area contributed by atoms with Gasteiger partial charge in [0, 0.05) is 21.9 Å². The molecule has 6 heteroatoms. The van der Waals surface area contributed by atoms with Gasteiger partial charge in [0.2, 0.25) is 0 Å². The summed E-state index contributed by atoms with van der Waals surface area (Å²) in [5, 5.41) is 9.48. The maximum Gasteiger partial charge on any atom is 0.168 e. The minimum atomic E-state index is 0.493. The van der Waals surface area contributed by atoms with Crippen LogP contribution in [0.3, 0.4) is 0 Å². The van der Waals surface area contributed by atoms with Crippen molar-refractivity contribution in [2.24, 2.45) is 4.99 Å². The van der Waals surface area contributed by atoms with Crippen LogP contribution in [0.25, 0.3) is 17.1 Å². The Bertz CT molecular complexity index is 977. The Kier molecular flexibility index (Phi) is 4.01. The van der Waals surface area contributed by atoms with Crippen LogP contribution in [-0.4, -0.2) is 27.6 Å². The van der Waals surface area contributed by atoms with Gasteiger partial charge in [-0.05, 0) is 36.8 Å². The van der Waals surface area contributed by atoms with Crippen LogP contribution >= 0.6 is 11.6 Å². The summed E-state index contributed by atoms with van der Waals surface area (Å²) in [5.74, 6) is 2.36. The van der Waals surface area contributed by atoms with Crippen molar-refractivity contribution in [2.75, 3.05) is 7.11 Å². The minimum absolute atomic E-state index is 0.493. The zero-order valence-electron chi connectivity index (χ0n) is 14.0. The topological polar surface area (TPSA) is 52.3 Å².